The van der Waals surface area contributed by atoms with Crippen LogP contribution in [-0.2, 0) is 10.8 Å². The van der Waals surface area contributed by atoms with E-state index in [-0.39, 0.29) is 0 Å². The number of para-hydroxylation sites is 6. The van der Waals surface area contributed by atoms with E-state index in [1.54, 1.807) is 0 Å². The summed E-state index contributed by atoms with van der Waals surface area (Å²) in [5.41, 5.74) is 25.7. The predicted molar refractivity (Wildman–Crippen MR) is 338 cm³/mol. The van der Waals surface area contributed by atoms with E-state index >= 15 is 0 Å². The third-order valence-electron chi connectivity index (χ3n) is 18.0. The third-order valence-corrected chi connectivity index (χ3v) is 18.0. The summed E-state index contributed by atoms with van der Waals surface area (Å²) in [6, 6.07) is 113. The average Bonchev–Trinajstić information content (AvgIpc) is 1.73. The molecule has 0 unspecified atom stereocenters. The van der Waals surface area contributed by atoms with Gasteiger partial charge in [0.15, 0.2) is 0 Å². The number of hydrogen-bond donors (Lipinski definition) is 0. The molecule has 0 atom stereocenters. The summed E-state index contributed by atoms with van der Waals surface area (Å²) in [4.78, 5) is 2.50. The van der Waals surface area contributed by atoms with Crippen LogP contribution in [0.15, 0.2) is 309 Å². The minimum atomic E-state index is -0.612. The fourth-order valence-electron chi connectivity index (χ4n) is 14.7. The zero-order chi connectivity index (χ0) is 54.6. The Morgan fingerprint density at radius 1 is 0.217 bits per heavy atom. The molecular weight excluding hydrogens is 1010 g/mol. The molecule has 2 aliphatic heterocycles. The molecule has 0 saturated heterocycles. The number of hydrogen-bond acceptors (Lipinski definition) is 3. The van der Waals surface area contributed by atoms with Gasteiger partial charge >= 0.3 is 0 Å². The molecule has 0 fully saturated rings. The molecule has 0 aromatic heterocycles. The van der Waals surface area contributed by atoms with Crippen LogP contribution >= 0.6 is 0 Å². The molecule has 3 heteroatoms. The van der Waals surface area contributed by atoms with E-state index in [2.05, 4.69) is 314 Å². The van der Waals surface area contributed by atoms with Crippen LogP contribution in [0.5, 0.6) is 23.0 Å². The molecule has 2 aliphatic carbocycles. The molecule has 2 heterocycles. The Kier molecular flexibility index (Phi) is 10.4. The highest BCUT2D eigenvalue weighted by molar-refractivity contribution is 6.02. The van der Waals surface area contributed by atoms with E-state index in [9.17, 15) is 0 Å². The zero-order valence-electron chi connectivity index (χ0n) is 45.2. The van der Waals surface area contributed by atoms with E-state index < -0.39 is 10.8 Å². The maximum atomic E-state index is 6.76. The Morgan fingerprint density at radius 2 is 0.602 bits per heavy atom. The van der Waals surface area contributed by atoms with Crippen molar-refractivity contribution < 1.29 is 9.47 Å². The number of nitrogens with zero attached hydrogens (tertiary/aromatic N) is 1. The lowest BCUT2D eigenvalue weighted by atomic mass is 9.66. The van der Waals surface area contributed by atoms with Crippen molar-refractivity contribution in [3.05, 3.63) is 354 Å². The molecule has 0 N–H and O–H groups in total. The van der Waals surface area contributed by atoms with Crippen molar-refractivity contribution >= 4 is 17.1 Å². The molecule has 13 aromatic rings. The number of anilines is 3. The number of benzene rings is 13. The Hall–Kier alpha value is -10.7. The van der Waals surface area contributed by atoms with Gasteiger partial charge in [-0.3, -0.25) is 0 Å². The first kappa shape index (κ1) is 47.1. The molecule has 4 aliphatic rings. The van der Waals surface area contributed by atoms with Crippen LogP contribution in [0, 0.1) is 0 Å². The highest BCUT2D eigenvalue weighted by Gasteiger charge is 2.53. The van der Waals surface area contributed by atoms with Crippen molar-refractivity contribution in [1.29, 1.82) is 0 Å². The van der Waals surface area contributed by atoms with Crippen molar-refractivity contribution in [2.75, 3.05) is 4.90 Å². The lowest BCUT2D eigenvalue weighted by molar-refractivity contribution is 0.436. The normalized spacial score (nSPS) is 13.7. The first-order chi connectivity index (χ1) is 41.2. The van der Waals surface area contributed by atoms with Crippen molar-refractivity contribution in [2.45, 2.75) is 10.8 Å². The number of rotatable bonds is 7. The first-order valence-corrected chi connectivity index (χ1v) is 28.6. The largest absolute Gasteiger partial charge is 0.457 e. The summed E-state index contributed by atoms with van der Waals surface area (Å²) in [6.07, 6.45) is 0. The maximum absolute atomic E-state index is 6.76. The molecule has 0 radical (unpaired) electrons. The van der Waals surface area contributed by atoms with E-state index in [0.717, 1.165) is 95.7 Å². The minimum absolute atomic E-state index is 0.590. The summed E-state index contributed by atoms with van der Waals surface area (Å²) in [5.74, 6) is 3.53. The summed E-state index contributed by atoms with van der Waals surface area (Å²) >= 11 is 0. The second-order valence-electron chi connectivity index (χ2n) is 22.1. The standard InChI is InChI=1S/C80H51NO2/c1-2-22-52(23-3-1)53-44-46-54(47-45-53)58-26-6-14-38-72(58)81(57-25-20-24-55(50-57)56-48-49-60-59-27-4-8-31-64(59)80(71(60)51-56)68-35-12-18-42-76(68)83-77-43-19-13-36-69(77)80)73-39-15-7-28-61(73)62-30-21-37-70-78(62)63-29-5-9-32-65(63)79(70)66-33-10-16-40-74(66)82-75-41-17-11-34-67(75)79/h1-51H. The number of ether oxygens (including phenoxy) is 2. The quantitative estimate of drug-likeness (QED) is 0.159. The van der Waals surface area contributed by atoms with Gasteiger partial charge in [0.1, 0.15) is 23.0 Å². The summed E-state index contributed by atoms with van der Waals surface area (Å²) < 4.78 is 13.5. The Bertz CT molecular complexity index is 4670. The molecule has 0 bridgehead atoms. The molecule has 83 heavy (non-hydrogen) atoms. The van der Waals surface area contributed by atoms with Crippen LogP contribution in [0.3, 0.4) is 0 Å². The van der Waals surface area contributed by atoms with Crippen LogP contribution < -0.4 is 14.4 Å². The van der Waals surface area contributed by atoms with Crippen LogP contribution in [0.2, 0.25) is 0 Å². The van der Waals surface area contributed by atoms with Crippen molar-refractivity contribution in [2.24, 2.45) is 0 Å². The van der Waals surface area contributed by atoms with Crippen molar-refractivity contribution in [3.63, 3.8) is 0 Å². The molecule has 388 valence electrons. The molecule has 17 rings (SSSR count). The Morgan fingerprint density at radius 3 is 1.23 bits per heavy atom. The van der Waals surface area contributed by atoms with Gasteiger partial charge in [0.05, 0.1) is 22.2 Å². The second-order valence-corrected chi connectivity index (χ2v) is 22.1. The van der Waals surface area contributed by atoms with Gasteiger partial charge in [-0.25, -0.2) is 0 Å². The molecule has 13 aromatic carbocycles. The molecular formula is C80H51NO2. The minimum Gasteiger partial charge on any atom is -0.457 e. The van der Waals surface area contributed by atoms with Gasteiger partial charge in [-0.1, -0.05) is 255 Å². The summed E-state index contributed by atoms with van der Waals surface area (Å²) in [6.45, 7) is 0. The van der Waals surface area contributed by atoms with Crippen LogP contribution in [-0.4, -0.2) is 0 Å². The first-order valence-electron chi connectivity index (χ1n) is 28.6. The highest BCUT2D eigenvalue weighted by atomic mass is 16.5. The molecule has 0 saturated carbocycles. The van der Waals surface area contributed by atoms with Crippen molar-refractivity contribution in [3.8, 4) is 89.8 Å². The van der Waals surface area contributed by atoms with Gasteiger partial charge in [-0.2, -0.15) is 0 Å². The fraction of sp³-hybridized carbons (Fsp3) is 0.0250. The van der Waals surface area contributed by atoms with Crippen molar-refractivity contribution in [1.82, 2.24) is 0 Å². The zero-order valence-corrected chi connectivity index (χ0v) is 45.2. The van der Waals surface area contributed by atoms with Crippen LogP contribution in [0.4, 0.5) is 17.1 Å². The smallest absolute Gasteiger partial charge is 0.132 e. The van der Waals surface area contributed by atoms with E-state index in [4.69, 9.17) is 9.47 Å². The highest BCUT2D eigenvalue weighted by Crippen LogP contribution is 2.65. The van der Waals surface area contributed by atoms with E-state index in [1.165, 1.54) is 55.6 Å². The summed E-state index contributed by atoms with van der Waals surface area (Å²) in [7, 11) is 0. The monoisotopic (exact) mass is 1060 g/mol. The Labute approximate surface area is 483 Å². The van der Waals surface area contributed by atoms with E-state index in [0.29, 0.717) is 0 Å². The lowest BCUT2D eigenvalue weighted by Crippen LogP contribution is -2.32. The lowest BCUT2D eigenvalue weighted by Gasteiger charge is -2.39. The third kappa shape index (κ3) is 6.80. The van der Waals surface area contributed by atoms with Gasteiger partial charge in [0, 0.05) is 39.1 Å². The Balaban J connectivity index is 0.884. The molecule has 3 nitrogen and oxygen atoms in total. The topological polar surface area (TPSA) is 21.7 Å². The molecule has 2 spiro atoms. The van der Waals surface area contributed by atoms with Gasteiger partial charge in [-0.15, -0.1) is 0 Å². The molecule has 0 amide bonds. The average molecular weight is 1060 g/mol. The van der Waals surface area contributed by atoms with E-state index in [1.807, 2.05) is 0 Å². The SMILES string of the molecule is c1ccc(-c2ccc(-c3ccccc3N(c3cccc(-c4ccc5c(c4)C4(c6ccccc6Oc6ccccc64)c4ccccc4-5)c3)c3ccccc3-c3cccc4c3-c3ccccc3C43c4ccccc4Oc4ccccc43)cc2)cc1. The summed E-state index contributed by atoms with van der Waals surface area (Å²) in [5, 5.41) is 0. The van der Waals surface area contributed by atoms with Gasteiger partial charge in [0.2, 0.25) is 0 Å². The second kappa shape index (κ2) is 18.4. The number of fused-ring (bicyclic) bond motifs is 18. The predicted octanol–water partition coefficient (Wildman–Crippen LogP) is 20.8. The maximum Gasteiger partial charge on any atom is 0.132 e. The van der Waals surface area contributed by atoms with Crippen LogP contribution in [0.1, 0.15) is 44.5 Å². The fourth-order valence-corrected chi connectivity index (χ4v) is 14.7. The van der Waals surface area contributed by atoms with Gasteiger partial charge < -0.3 is 14.4 Å². The van der Waals surface area contributed by atoms with Crippen LogP contribution in [0.25, 0.3) is 66.8 Å². The van der Waals surface area contributed by atoms with Gasteiger partial charge in [0.25, 0.3) is 0 Å². The van der Waals surface area contributed by atoms with Gasteiger partial charge in [-0.05, 0) is 132 Å².